The molecule has 0 spiro atoms. The monoisotopic (exact) mass is 382 g/mol. The van der Waals surface area contributed by atoms with Crippen molar-refractivity contribution in [2.75, 3.05) is 6.54 Å². The molecule has 1 unspecified atom stereocenters. The van der Waals surface area contributed by atoms with E-state index in [-0.39, 0.29) is 17.9 Å². The first kappa shape index (κ1) is 25.9. The van der Waals surface area contributed by atoms with E-state index in [1.165, 1.54) is 64.2 Å². The average molecular weight is 383 g/mol. The van der Waals surface area contributed by atoms with Crippen molar-refractivity contribution in [2.45, 2.75) is 130 Å². The Bertz CT molecular complexity index is 358. The third-order valence-electron chi connectivity index (χ3n) is 5.03. The highest BCUT2D eigenvalue weighted by Crippen LogP contribution is 2.09. The van der Waals surface area contributed by atoms with Crippen molar-refractivity contribution in [3.8, 4) is 0 Å². The summed E-state index contributed by atoms with van der Waals surface area (Å²) < 4.78 is 0. The molecule has 0 radical (unpaired) electrons. The number of hydrogen-bond acceptors (Lipinski definition) is 2. The zero-order valence-electron chi connectivity index (χ0n) is 18.4. The molecule has 0 aromatic carbocycles. The van der Waals surface area contributed by atoms with Crippen molar-refractivity contribution in [1.82, 2.24) is 10.6 Å². The molecule has 0 aromatic heterocycles. The Kier molecular flexibility index (Phi) is 18.9. The third-order valence-corrected chi connectivity index (χ3v) is 5.03. The van der Waals surface area contributed by atoms with Crippen LogP contribution < -0.4 is 10.6 Å². The molecule has 0 aliphatic carbocycles. The van der Waals surface area contributed by atoms with Gasteiger partial charge in [-0.15, -0.1) is 0 Å². The molecule has 2 amide bonds. The minimum atomic E-state index is 0.0000445. The first-order valence-electron chi connectivity index (χ1n) is 11.7. The van der Waals surface area contributed by atoms with Crippen LogP contribution in [0.3, 0.4) is 0 Å². The summed E-state index contributed by atoms with van der Waals surface area (Å²) >= 11 is 0. The van der Waals surface area contributed by atoms with Gasteiger partial charge in [0.1, 0.15) is 0 Å². The van der Waals surface area contributed by atoms with Crippen LogP contribution in [-0.2, 0) is 9.59 Å². The van der Waals surface area contributed by atoms with E-state index < -0.39 is 0 Å². The van der Waals surface area contributed by atoms with Crippen LogP contribution in [0.4, 0.5) is 0 Å². The number of unbranched alkanes of at least 4 members (excludes halogenated alkanes) is 12. The first-order valence-corrected chi connectivity index (χ1v) is 11.7. The fourth-order valence-electron chi connectivity index (χ4n) is 3.24. The molecule has 27 heavy (non-hydrogen) atoms. The van der Waals surface area contributed by atoms with Crippen LogP contribution in [0.2, 0.25) is 0 Å². The Hall–Kier alpha value is -1.06. The summed E-state index contributed by atoms with van der Waals surface area (Å²) in [7, 11) is 0. The average Bonchev–Trinajstić information content (AvgIpc) is 2.65. The maximum Gasteiger partial charge on any atom is 0.220 e. The highest BCUT2D eigenvalue weighted by atomic mass is 16.2. The predicted octanol–water partition coefficient (Wildman–Crippen LogP) is 5.89. The second kappa shape index (κ2) is 19.7. The van der Waals surface area contributed by atoms with E-state index in [1.54, 1.807) is 0 Å². The van der Waals surface area contributed by atoms with E-state index in [0.717, 1.165) is 25.7 Å². The van der Waals surface area contributed by atoms with Gasteiger partial charge in [0.05, 0.1) is 0 Å². The lowest BCUT2D eigenvalue weighted by Gasteiger charge is -2.15. The Morgan fingerprint density at radius 2 is 1.04 bits per heavy atom. The maximum atomic E-state index is 11.9. The molecule has 2 N–H and O–H groups in total. The van der Waals surface area contributed by atoms with Gasteiger partial charge in [0.2, 0.25) is 11.8 Å². The highest BCUT2D eigenvalue weighted by Gasteiger charge is 2.09. The standard InChI is InChI=1S/C23H46N2O2/c1-4-6-8-10-12-14-16-18-22(26)24-20-21(3)25-23(27)19-17-15-13-11-9-7-5-2/h21H,4-20H2,1-3H3,(H,24,26)(H,25,27). The van der Waals surface area contributed by atoms with E-state index >= 15 is 0 Å². The van der Waals surface area contributed by atoms with Gasteiger partial charge in [0.25, 0.3) is 0 Å². The van der Waals surface area contributed by atoms with E-state index in [1.807, 2.05) is 6.92 Å². The van der Waals surface area contributed by atoms with E-state index in [2.05, 4.69) is 24.5 Å². The van der Waals surface area contributed by atoms with Crippen LogP contribution >= 0.6 is 0 Å². The maximum absolute atomic E-state index is 11.9. The summed E-state index contributed by atoms with van der Waals surface area (Å²) in [4.78, 5) is 23.8. The molecule has 4 nitrogen and oxygen atoms in total. The minimum Gasteiger partial charge on any atom is -0.354 e. The van der Waals surface area contributed by atoms with Crippen molar-refractivity contribution in [2.24, 2.45) is 0 Å². The smallest absolute Gasteiger partial charge is 0.220 e. The van der Waals surface area contributed by atoms with Gasteiger partial charge in [0, 0.05) is 25.4 Å². The first-order chi connectivity index (χ1) is 13.1. The number of carbonyl (C=O) groups is 2. The third kappa shape index (κ3) is 19.5. The van der Waals surface area contributed by atoms with Gasteiger partial charge in [-0.05, 0) is 19.8 Å². The van der Waals surface area contributed by atoms with Crippen molar-refractivity contribution < 1.29 is 9.59 Å². The number of carbonyl (C=O) groups excluding carboxylic acids is 2. The summed E-state index contributed by atoms with van der Waals surface area (Å²) in [6, 6.07) is 0.0000445. The molecule has 0 saturated carbocycles. The molecule has 0 fully saturated rings. The lowest BCUT2D eigenvalue weighted by molar-refractivity contribution is -0.123. The SMILES string of the molecule is CCCCCCCCCC(=O)NCC(C)NC(=O)CCCCCCCCC. The van der Waals surface area contributed by atoms with E-state index in [9.17, 15) is 9.59 Å². The van der Waals surface area contributed by atoms with E-state index in [4.69, 9.17) is 0 Å². The van der Waals surface area contributed by atoms with Crippen LogP contribution in [0.1, 0.15) is 124 Å². The summed E-state index contributed by atoms with van der Waals surface area (Å²) in [5, 5.41) is 5.93. The van der Waals surface area contributed by atoms with Crippen LogP contribution in [-0.4, -0.2) is 24.4 Å². The molecule has 0 heterocycles. The highest BCUT2D eigenvalue weighted by molar-refractivity contribution is 5.77. The van der Waals surface area contributed by atoms with Gasteiger partial charge < -0.3 is 10.6 Å². The molecule has 0 aliphatic rings. The quantitative estimate of drug-likeness (QED) is 0.274. The topological polar surface area (TPSA) is 58.2 Å². The number of nitrogens with one attached hydrogen (secondary N) is 2. The molecule has 1 atom stereocenters. The predicted molar refractivity (Wildman–Crippen MR) is 116 cm³/mol. The van der Waals surface area contributed by atoms with Gasteiger partial charge in [-0.2, -0.15) is 0 Å². The van der Waals surface area contributed by atoms with Gasteiger partial charge in [-0.1, -0.05) is 90.9 Å². The second-order valence-corrected chi connectivity index (χ2v) is 8.02. The Morgan fingerprint density at radius 1 is 0.630 bits per heavy atom. The fourth-order valence-corrected chi connectivity index (χ4v) is 3.24. The molecular weight excluding hydrogens is 336 g/mol. The molecule has 0 aromatic rings. The van der Waals surface area contributed by atoms with Gasteiger partial charge in [-0.25, -0.2) is 0 Å². The van der Waals surface area contributed by atoms with Gasteiger partial charge >= 0.3 is 0 Å². The summed E-state index contributed by atoms with van der Waals surface area (Å²) in [5.41, 5.74) is 0. The minimum absolute atomic E-state index is 0.0000445. The van der Waals surface area contributed by atoms with Gasteiger partial charge in [0.15, 0.2) is 0 Å². The van der Waals surface area contributed by atoms with Crippen LogP contribution in [0, 0.1) is 0 Å². The Balaban J connectivity index is 3.50. The van der Waals surface area contributed by atoms with Crippen LogP contribution in [0.5, 0.6) is 0 Å². The van der Waals surface area contributed by atoms with Crippen molar-refractivity contribution in [1.29, 1.82) is 0 Å². The summed E-state index contributed by atoms with van der Waals surface area (Å²) in [5.74, 6) is 0.217. The second-order valence-electron chi connectivity index (χ2n) is 8.02. The van der Waals surface area contributed by atoms with Crippen molar-refractivity contribution in [3.63, 3.8) is 0 Å². The molecule has 4 heteroatoms. The summed E-state index contributed by atoms with van der Waals surface area (Å²) in [6.07, 6.45) is 18.3. The lowest BCUT2D eigenvalue weighted by Crippen LogP contribution is -2.41. The van der Waals surface area contributed by atoms with Crippen molar-refractivity contribution in [3.05, 3.63) is 0 Å². The zero-order valence-corrected chi connectivity index (χ0v) is 18.4. The number of rotatable bonds is 19. The molecule has 0 saturated heterocycles. The molecule has 0 aliphatic heterocycles. The molecule has 160 valence electrons. The van der Waals surface area contributed by atoms with E-state index in [0.29, 0.717) is 19.4 Å². The van der Waals surface area contributed by atoms with Crippen molar-refractivity contribution >= 4 is 11.8 Å². The lowest BCUT2D eigenvalue weighted by atomic mass is 10.1. The van der Waals surface area contributed by atoms with Crippen LogP contribution in [0.25, 0.3) is 0 Å². The Labute approximate surface area is 168 Å². The molecule has 0 rings (SSSR count). The molecule has 0 bridgehead atoms. The normalized spacial score (nSPS) is 12.0. The zero-order chi connectivity index (χ0) is 20.2. The number of amides is 2. The fraction of sp³-hybridized carbons (Fsp3) is 0.913. The Morgan fingerprint density at radius 3 is 1.52 bits per heavy atom. The largest absolute Gasteiger partial charge is 0.354 e. The molecular formula is C23H46N2O2. The van der Waals surface area contributed by atoms with Gasteiger partial charge in [-0.3, -0.25) is 9.59 Å². The summed E-state index contributed by atoms with van der Waals surface area (Å²) in [6.45, 7) is 6.93. The van der Waals surface area contributed by atoms with Crippen LogP contribution in [0.15, 0.2) is 0 Å². The number of hydrogen-bond donors (Lipinski definition) is 2.